The fraction of sp³-hybridized carbons (Fsp3) is 0.217. The van der Waals surface area contributed by atoms with Crippen LogP contribution in [0, 0.1) is 0 Å². The normalized spacial score (nSPS) is 11.9. The van der Waals surface area contributed by atoms with Crippen LogP contribution in [0.15, 0.2) is 84.9 Å². The van der Waals surface area contributed by atoms with Crippen LogP contribution in [0.2, 0.25) is 0 Å². The van der Waals surface area contributed by atoms with Crippen molar-refractivity contribution >= 4 is 0 Å². The van der Waals surface area contributed by atoms with Crippen LogP contribution in [0.3, 0.4) is 0 Å². The van der Waals surface area contributed by atoms with Crippen LogP contribution >= 0.6 is 0 Å². The highest BCUT2D eigenvalue weighted by Gasteiger charge is 2.05. The quantitative estimate of drug-likeness (QED) is 0.615. The minimum Gasteiger partial charge on any atom is -0.493 e. The molecule has 0 bridgehead atoms. The average Bonchev–Trinajstić information content (AvgIpc) is 2.68. The summed E-state index contributed by atoms with van der Waals surface area (Å²) in [6.45, 7) is 3.76. The van der Waals surface area contributed by atoms with Gasteiger partial charge in [-0.05, 0) is 35.7 Å². The predicted octanol–water partition coefficient (Wildman–Crippen LogP) is 5.16. The Hall–Kier alpha value is -2.58. The van der Waals surface area contributed by atoms with Gasteiger partial charge in [-0.25, -0.2) is 0 Å². The van der Waals surface area contributed by atoms with Crippen LogP contribution in [0.5, 0.6) is 5.75 Å². The second-order valence-corrected chi connectivity index (χ2v) is 6.24. The van der Waals surface area contributed by atoms with Crippen molar-refractivity contribution < 1.29 is 4.74 Å². The van der Waals surface area contributed by atoms with E-state index in [1.807, 2.05) is 12.1 Å². The van der Waals surface area contributed by atoms with E-state index >= 15 is 0 Å². The van der Waals surface area contributed by atoms with Crippen LogP contribution in [-0.4, -0.2) is 6.61 Å². The molecule has 0 aliphatic rings. The van der Waals surface area contributed by atoms with Crippen LogP contribution < -0.4 is 10.1 Å². The van der Waals surface area contributed by atoms with Crippen molar-refractivity contribution in [2.75, 3.05) is 6.61 Å². The van der Waals surface area contributed by atoms with Gasteiger partial charge < -0.3 is 10.1 Å². The number of nitrogens with one attached hydrogen (secondary N) is 1. The van der Waals surface area contributed by atoms with E-state index < -0.39 is 0 Å². The van der Waals surface area contributed by atoms with E-state index in [2.05, 4.69) is 85.0 Å². The van der Waals surface area contributed by atoms with E-state index in [0.29, 0.717) is 12.6 Å². The summed E-state index contributed by atoms with van der Waals surface area (Å²) in [6, 6.07) is 29.6. The molecule has 0 spiro atoms. The predicted molar refractivity (Wildman–Crippen MR) is 104 cm³/mol. The largest absolute Gasteiger partial charge is 0.493 e. The molecule has 0 radical (unpaired) electrons. The Morgan fingerprint density at radius 1 is 0.760 bits per heavy atom. The van der Waals surface area contributed by atoms with Crippen molar-refractivity contribution in [1.29, 1.82) is 0 Å². The van der Waals surface area contributed by atoms with E-state index in [0.717, 1.165) is 18.7 Å². The van der Waals surface area contributed by atoms with Gasteiger partial charge in [0.2, 0.25) is 0 Å². The molecule has 1 unspecified atom stereocenters. The molecule has 128 valence electrons. The summed E-state index contributed by atoms with van der Waals surface area (Å²) in [5.74, 6) is 0.926. The number of ether oxygens (including phenoxy) is 1. The highest BCUT2D eigenvalue weighted by atomic mass is 16.5. The molecule has 0 heterocycles. The van der Waals surface area contributed by atoms with Crippen molar-refractivity contribution in [1.82, 2.24) is 5.32 Å². The summed E-state index contributed by atoms with van der Waals surface area (Å²) in [7, 11) is 0. The standard InChI is InChI=1S/C23H25NO/c1-19(24-18-21-10-6-3-7-11-21)22-12-14-23(15-13-22)25-17-16-20-8-4-2-5-9-20/h2-15,19,24H,16-18H2,1H3. The molecule has 0 aliphatic carbocycles. The van der Waals surface area contributed by atoms with E-state index in [1.54, 1.807) is 0 Å². The molecule has 2 heteroatoms. The van der Waals surface area contributed by atoms with Gasteiger partial charge in [0.05, 0.1) is 6.61 Å². The van der Waals surface area contributed by atoms with E-state index in [4.69, 9.17) is 4.74 Å². The van der Waals surface area contributed by atoms with Crippen molar-refractivity contribution in [2.45, 2.75) is 25.9 Å². The Kier molecular flexibility index (Phi) is 6.24. The smallest absolute Gasteiger partial charge is 0.119 e. The molecule has 3 rings (SSSR count). The summed E-state index contributed by atoms with van der Waals surface area (Å²) in [5.41, 5.74) is 3.87. The zero-order chi connectivity index (χ0) is 17.3. The Morgan fingerprint density at radius 2 is 1.36 bits per heavy atom. The van der Waals surface area contributed by atoms with Gasteiger partial charge in [-0.15, -0.1) is 0 Å². The third kappa shape index (κ3) is 5.47. The van der Waals surface area contributed by atoms with Gasteiger partial charge in [-0.3, -0.25) is 0 Å². The molecule has 0 saturated carbocycles. The second kappa shape index (κ2) is 9.05. The maximum absolute atomic E-state index is 5.85. The first-order valence-corrected chi connectivity index (χ1v) is 8.85. The van der Waals surface area contributed by atoms with Gasteiger partial charge in [0, 0.05) is 19.0 Å². The maximum atomic E-state index is 5.85. The first-order chi connectivity index (χ1) is 12.3. The topological polar surface area (TPSA) is 21.3 Å². The molecule has 1 atom stereocenters. The minimum atomic E-state index is 0.304. The Morgan fingerprint density at radius 3 is 2.00 bits per heavy atom. The molecule has 0 amide bonds. The molecule has 3 aromatic carbocycles. The van der Waals surface area contributed by atoms with Crippen molar-refractivity contribution in [3.8, 4) is 5.75 Å². The number of benzene rings is 3. The SMILES string of the molecule is CC(NCc1ccccc1)c1ccc(OCCc2ccccc2)cc1. The van der Waals surface area contributed by atoms with Crippen LogP contribution in [0.4, 0.5) is 0 Å². The van der Waals surface area contributed by atoms with E-state index in [1.165, 1.54) is 16.7 Å². The molecule has 1 N–H and O–H groups in total. The third-order valence-electron chi connectivity index (χ3n) is 4.34. The number of rotatable bonds is 8. The Labute approximate surface area is 150 Å². The summed E-state index contributed by atoms with van der Waals surface area (Å²) >= 11 is 0. The molecule has 0 saturated heterocycles. The maximum Gasteiger partial charge on any atom is 0.119 e. The lowest BCUT2D eigenvalue weighted by molar-refractivity contribution is 0.322. The Bertz CT molecular complexity index is 738. The van der Waals surface area contributed by atoms with Crippen LogP contribution in [0.25, 0.3) is 0 Å². The summed E-state index contributed by atoms with van der Waals surface area (Å²) < 4.78 is 5.85. The first kappa shape index (κ1) is 17.2. The zero-order valence-corrected chi connectivity index (χ0v) is 14.7. The van der Waals surface area contributed by atoms with Gasteiger partial charge in [0.25, 0.3) is 0 Å². The summed E-state index contributed by atoms with van der Waals surface area (Å²) in [6.07, 6.45) is 0.928. The zero-order valence-electron chi connectivity index (χ0n) is 14.7. The monoisotopic (exact) mass is 331 g/mol. The first-order valence-electron chi connectivity index (χ1n) is 8.85. The minimum absolute atomic E-state index is 0.304. The molecule has 0 aromatic heterocycles. The fourth-order valence-electron chi connectivity index (χ4n) is 2.77. The molecule has 25 heavy (non-hydrogen) atoms. The lowest BCUT2D eigenvalue weighted by Crippen LogP contribution is -2.17. The molecule has 0 fully saturated rings. The van der Waals surface area contributed by atoms with Gasteiger partial charge in [-0.2, -0.15) is 0 Å². The van der Waals surface area contributed by atoms with Crippen molar-refractivity contribution in [2.24, 2.45) is 0 Å². The van der Waals surface area contributed by atoms with E-state index in [9.17, 15) is 0 Å². The third-order valence-corrected chi connectivity index (χ3v) is 4.34. The lowest BCUT2D eigenvalue weighted by atomic mass is 10.1. The van der Waals surface area contributed by atoms with Crippen molar-refractivity contribution in [3.05, 3.63) is 102 Å². The lowest BCUT2D eigenvalue weighted by Gasteiger charge is -2.15. The number of hydrogen-bond acceptors (Lipinski definition) is 2. The molecule has 3 aromatic rings. The Balaban J connectivity index is 1.46. The second-order valence-electron chi connectivity index (χ2n) is 6.24. The van der Waals surface area contributed by atoms with Gasteiger partial charge >= 0.3 is 0 Å². The molecular weight excluding hydrogens is 306 g/mol. The number of hydrogen-bond donors (Lipinski definition) is 1. The summed E-state index contributed by atoms with van der Waals surface area (Å²) in [5, 5.41) is 3.56. The summed E-state index contributed by atoms with van der Waals surface area (Å²) in [4.78, 5) is 0. The fourth-order valence-corrected chi connectivity index (χ4v) is 2.77. The van der Waals surface area contributed by atoms with Gasteiger partial charge in [0.15, 0.2) is 0 Å². The van der Waals surface area contributed by atoms with Gasteiger partial charge in [-0.1, -0.05) is 72.8 Å². The van der Waals surface area contributed by atoms with Gasteiger partial charge in [0.1, 0.15) is 5.75 Å². The average molecular weight is 331 g/mol. The van der Waals surface area contributed by atoms with Crippen LogP contribution in [-0.2, 0) is 13.0 Å². The molecular formula is C23H25NO. The highest BCUT2D eigenvalue weighted by Crippen LogP contribution is 2.18. The van der Waals surface area contributed by atoms with E-state index in [-0.39, 0.29) is 0 Å². The highest BCUT2D eigenvalue weighted by molar-refractivity contribution is 5.29. The molecule has 2 nitrogen and oxygen atoms in total. The molecule has 0 aliphatic heterocycles. The van der Waals surface area contributed by atoms with Crippen LogP contribution in [0.1, 0.15) is 29.7 Å². The van der Waals surface area contributed by atoms with Crippen molar-refractivity contribution in [3.63, 3.8) is 0 Å².